The summed E-state index contributed by atoms with van der Waals surface area (Å²) < 4.78 is 27.9. The number of likely N-dealkylation sites (tertiary alicyclic amines) is 1. The molecule has 2 aliphatic rings. The molecule has 1 saturated heterocycles. The van der Waals surface area contributed by atoms with Gasteiger partial charge in [0.25, 0.3) is 0 Å². The van der Waals surface area contributed by atoms with E-state index >= 15 is 0 Å². The van der Waals surface area contributed by atoms with Crippen LogP contribution in [0.1, 0.15) is 27.7 Å². The van der Waals surface area contributed by atoms with Crippen molar-refractivity contribution in [2.75, 3.05) is 25.1 Å². The Morgan fingerprint density at radius 2 is 1.86 bits per heavy atom. The first-order valence-electron chi connectivity index (χ1n) is 7.38. The Balaban J connectivity index is 1.76. The molecule has 1 aliphatic carbocycles. The van der Waals surface area contributed by atoms with Gasteiger partial charge in [-0.15, -0.1) is 0 Å². The van der Waals surface area contributed by atoms with E-state index in [1.54, 1.807) is 4.90 Å². The van der Waals surface area contributed by atoms with Crippen molar-refractivity contribution in [3.05, 3.63) is 0 Å². The molecule has 0 bridgehead atoms. The monoisotopic (exact) mass is 318 g/mol. The molecule has 7 heteroatoms. The third-order valence-corrected chi connectivity index (χ3v) is 4.98. The van der Waals surface area contributed by atoms with Gasteiger partial charge >= 0.3 is 6.09 Å². The highest BCUT2D eigenvalue weighted by molar-refractivity contribution is 7.90. The maximum atomic E-state index is 11.9. The SMILES string of the molecule is CC(CS(C)(=O)=O)NC1C2CN(C(=O)OC(C)(C)C)CC21. The van der Waals surface area contributed by atoms with E-state index < -0.39 is 15.4 Å². The van der Waals surface area contributed by atoms with Gasteiger partial charge in [0.1, 0.15) is 15.4 Å². The third-order valence-electron chi connectivity index (χ3n) is 3.88. The maximum absolute atomic E-state index is 11.9. The zero-order chi connectivity index (χ0) is 16.0. The van der Waals surface area contributed by atoms with Gasteiger partial charge in [-0.2, -0.15) is 0 Å². The number of ether oxygens (including phenoxy) is 1. The van der Waals surface area contributed by atoms with Crippen LogP contribution in [-0.2, 0) is 14.6 Å². The fourth-order valence-electron chi connectivity index (χ4n) is 3.08. The minimum absolute atomic E-state index is 0.0504. The number of carbonyl (C=O) groups is 1. The highest BCUT2D eigenvalue weighted by Crippen LogP contribution is 2.46. The number of carbonyl (C=O) groups excluding carboxylic acids is 1. The summed E-state index contributed by atoms with van der Waals surface area (Å²) in [6.07, 6.45) is 1.00. The molecule has 2 rings (SSSR count). The molecule has 0 spiro atoms. The first kappa shape index (κ1) is 16.5. The standard InChI is InChI=1S/C14H26N2O4S/c1-9(8-21(5,18)19)15-12-10-6-16(7-11(10)12)13(17)20-14(2,3)4/h9-12,15H,6-8H2,1-5H3. The number of hydrogen-bond acceptors (Lipinski definition) is 5. The van der Waals surface area contributed by atoms with Crippen LogP contribution in [-0.4, -0.2) is 62.2 Å². The highest BCUT2D eigenvalue weighted by Gasteiger charge is 2.57. The number of rotatable bonds is 4. The smallest absolute Gasteiger partial charge is 0.410 e. The summed E-state index contributed by atoms with van der Waals surface area (Å²) >= 11 is 0. The maximum Gasteiger partial charge on any atom is 0.410 e. The van der Waals surface area contributed by atoms with Crippen LogP contribution >= 0.6 is 0 Å². The van der Waals surface area contributed by atoms with Crippen molar-refractivity contribution in [3.8, 4) is 0 Å². The molecule has 3 unspecified atom stereocenters. The lowest BCUT2D eigenvalue weighted by Gasteiger charge is -2.26. The summed E-state index contributed by atoms with van der Waals surface area (Å²) in [4.78, 5) is 13.7. The quantitative estimate of drug-likeness (QED) is 0.832. The summed E-state index contributed by atoms with van der Waals surface area (Å²) in [5.41, 5.74) is -0.467. The van der Waals surface area contributed by atoms with Crippen molar-refractivity contribution < 1.29 is 17.9 Å². The van der Waals surface area contributed by atoms with Gasteiger partial charge in [0.2, 0.25) is 0 Å². The summed E-state index contributed by atoms with van der Waals surface area (Å²) in [6, 6.07) is 0.283. The molecule has 1 N–H and O–H groups in total. The van der Waals surface area contributed by atoms with Crippen molar-refractivity contribution in [2.24, 2.45) is 11.8 Å². The first-order chi connectivity index (χ1) is 9.46. The molecule has 6 nitrogen and oxygen atoms in total. The fraction of sp³-hybridized carbons (Fsp3) is 0.929. The predicted molar refractivity (Wildman–Crippen MR) is 80.9 cm³/mol. The Morgan fingerprint density at radius 1 is 1.33 bits per heavy atom. The van der Waals surface area contributed by atoms with Crippen molar-refractivity contribution in [2.45, 2.75) is 45.4 Å². The summed E-state index contributed by atoms with van der Waals surface area (Å²) in [5.74, 6) is 1.01. The molecule has 21 heavy (non-hydrogen) atoms. The van der Waals surface area contributed by atoms with Crippen molar-refractivity contribution >= 4 is 15.9 Å². The number of hydrogen-bond donors (Lipinski definition) is 1. The second kappa shape index (κ2) is 5.43. The lowest BCUT2D eigenvalue weighted by atomic mass is 10.2. The normalized spacial score (nSPS) is 30.0. The Hall–Kier alpha value is -0.820. The van der Waals surface area contributed by atoms with Gasteiger partial charge in [0.05, 0.1) is 5.75 Å². The van der Waals surface area contributed by atoms with Gasteiger partial charge in [-0.1, -0.05) is 0 Å². The zero-order valence-corrected chi connectivity index (χ0v) is 14.2. The van der Waals surface area contributed by atoms with E-state index in [0.717, 1.165) is 0 Å². The number of nitrogens with one attached hydrogen (secondary N) is 1. The van der Waals surface area contributed by atoms with Crippen molar-refractivity contribution in [1.82, 2.24) is 10.2 Å². The van der Waals surface area contributed by atoms with Crippen LogP contribution in [0.4, 0.5) is 4.79 Å². The van der Waals surface area contributed by atoms with E-state index in [1.165, 1.54) is 6.26 Å². The van der Waals surface area contributed by atoms with Crippen LogP contribution in [0.5, 0.6) is 0 Å². The number of amides is 1. The van der Waals surface area contributed by atoms with E-state index in [0.29, 0.717) is 31.0 Å². The zero-order valence-electron chi connectivity index (χ0n) is 13.4. The fourth-order valence-corrected chi connectivity index (χ4v) is 4.08. The van der Waals surface area contributed by atoms with Crippen LogP contribution in [0, 0.1) is 11.8 Å². The van der Waals surface area contributed by atoms with E-state index in [-0.39, 0.29) is 17.9 Å². The van der Waals surface area contributed by atoms with Crippen LogP contribution in [0.3, 0.4) is 0 Å². The van der Waals surface area contributed by atoms with E-state index in [4.69, 9.17) is 4.74 Å². The molecule has 1 heterocycles. The lowest BCUT2D eigenvalue weighted by Crippen LogP contribution is -2.42. The summed E-state index contributed by atoms with van der Waals surface area (Å²) in [6.45, 7) is 8.86. The van der Waals surface area contributed by atoms with Gasteiger partial charge in [0.15, 0.2) is 0 Å². The van der Waals surface area contributed by atoms with Crippen LogP contribution in [0.2, 0.25) is 0 Å². The molecular weight excluding hydrogens is 292 g/mol. The molecule has 1 amide bonds. The Labute approximate surface area is 127 Å². The molecule has 1 aliphatic heterocycles. The third kappa shape index (κ3) is 4.57. The molecule has 2 fully saturated rings. The number of piperidine rings is 1. The Morgan fingerprint density at radius 3 is 2.29 bits per heavy atom. The molecule has 0 aromatic carbocycles. The Kier molecular flexibility index (Phi) is 4.28. The molecule has 0 aromatic rings. The second-order valence-corrected chi connectivity index (χ2v) is 9.58. The van der Waals surface area contributed by atoms with Crippen LogP contribution in [0.15, 0.2) is 0 Å². The Bertz CT molecular complexity index is 500. The minimum atomic E-state index is -2.96. The highest BCUT2D eigenvalue weighted by atomic mass is 32.2. The summed E-state index contributed by atoms with van der Waals surface area (Å²) in [7, 11) is -2.96. The molecule has 3 atom stereocenters. The largest absolute Gasteiger partial charge is 0.444 e. The number of fused-ring (bicyclic) bond motifs is 1. The van der Waals surface area contributed by atoms with E-state index in [9.17, 15) is 13.2 Å². The molecule has 122 valence electrons. The van der Waals surface area contributed by atoms with Gasteiger partial charge in [-0.3, -0.25) is 0 Å². The average molecular weight is 318 g/mol. The summed E-state index contributed by atoms with van der Waals surface area (Å²) in [5, 5.41) is 3.36. The van der Waals surface area contributed by atoms with E-state index in [1.807, 2.05) is 27.7 Å². The van der Waals surface area contributed by atoms with Crippen LogP contribution < -0.4 is 5.32 Å². The lowest BCUT2D eigenvalue weighted by molar-refractivity contribution is 0.0269. The average Bonchev–Trinajstić information content (AvgIpc) is 2.68. The predicted octanol–water partition coefficient (Wildman–Crippen LogP) is 0.874. The van der Waals surface area contributed by atoms with Gasteiger partial charge < -0.3 is 15.0 Å². The van der Waals surface area contributed by atoms with Gasteiger partial charge in [-0.05, 0) is 39.5 Å². The molecular formula is C14H26N2O4S. The second-order valence-electron chi connectivity index (χ2n) is 7.40. The number of nitrogens with zero attached hydrogens (tertiary/aromatic N) is 1. The molecule has 0 aromatic heterocycles. The number of sulfone groups is 1. The minimum Gasteiger partial charge on any atom is -0.444 e. The molecule has 0 radical (unpaired) electrons. The van der Waals surface area contributed by atoms with Gasteiger partial charge in [0, 0.05) is 31.4 Å². The first-order valence-corrected chi connectivity index (χ1v) is 9.44. The topological polar surface area (TPSA) is 75.7 Å². The van der Waals surface area contributed by atoms with E-state index in [2.05, 4.69) is 5.32 Å². The van der Waals surface area contributed by atoms with Crippen LogP contribution in [0.25, 0.3) is 0 Å². The molecule has 1 saturated carbocycles. The van der Waals surface area contributed by atoms with Gasteiger partial charge in [-0.25, -0.2) is 13.2 Å². The van der Waals surface area contributed by atoms with Crippen molar-refractivity contribution in [1.29, 1.82) is 0 Å². The van der Waals surface area contributed by atoms with Crippen molar-refractivity contribution in [3.63, 3.8) is 0 Å².